The van der Waals surface area contributed by atoms with Crippen molar-refractivity contribution in [2.24, 2.45) is 0 Å². The maximum Gasteiger partial charge on any atom is 0.231 e. The Bertz CT molecular complexity index is 648. The summed E-state index contributed by atoms with van der Waals surface area (Å²) in [6, 6.07) is 13.8. The Kier molecular flexibility index (Phi) is 7.72. The number of nitrogens with one attached hydrogen (secondary N) is 2. The van der Waals surface area contributed by atoms with Crippen LogP contribution in [-0.2, 0) is 11.3 Å². The second-order valence-electron chi connectivity index (χ2n) is 5.20. The lowest BCUT2D eigenvalue weighted by Gasteiger charge is -2.15. The quantitative estimate of drug-likeness (QED) is 0.834. The van der Waals surface area contributed by atoms with Gasteiger partial charge in [-0.1, -0.05) is 37.3 Å². The fourth-order valence-corrected chi connectivity index (χ4v) is 2.22. The number of carbonyl (C=O) groups is 1. The lowest BCUT2D eigenvalue weighted by atomic mass is 10.00. The van der Waals surface area contributed by atoms with Gasteiger partial charge in [0.05, 0.1) is 5.92 Å². The van der Waals surface area contributed by atoms with Crippen LogP contribution >= 0.6 is 12.4 Å². The molecule has 23 heavy (non-hydrogen) atoms. The van der Waals surface area contributed by atoms with E-state index in [1.165, 1.54) is 12.1 Å². The van der Waals surface area contributed by atoms with Gasteiger partial charge in [-0.3, -0.25) is 4.79 Å². The van der Waals surface area contributed by atoms with E-state index < -0.39 is 5.92 Å². The van der Waals surface area contributed by atoms with Crippen LogP contribution in [0.15, 0.2) is 48.5 Å². The third kappa shape index (κ3) is 5.34. The molecule has 1 atom stereocenters. The van der Waals surface area contributed by atoms with Gasteiger partial charge in [0.15, 0.2) is 0 Å². The molecule has 2 rings (SSSR count). The third-order valence-corrected chi connectivity index (χ3v) is 3.58. The number of hydrogen-bond donors (Lipinski definition) is 2. The Balaban J connectivity index is 0.00000264. The molecule has 0 saturated heterocycles. The van der Waals surface area contributed by atoms with Crippen LogP contribution in [0.5, 0.6) is 0 Å². The second kappa shape index (κ2) is 9.28. The molecule has 0 fully saturated rings. The lowest BCUT2D eigenvalue weighted by Crippen LogP contribution is -2.21. The number of para-hydroxylation sites is 1. The van der Waals surface area contributed by atoms with Crippen molar-refractivity contribution < 1.29 is 9.18 Å². The fourth-order valence-electron chi connectivity index (χ4n) is 2.22. The van der Waals surface area contributed by atoms with Gasteiger partial charge in [0.25, 0.3) is 0 Å². The zero-order valence-corrected chi connectivity index (χ0v) is 14.1. The van der Waals surface area contributed by atoms with Crippen LogP contribution in [0.4, 0.5) is 10.1 Å². The molecule has 1 unspecified atom stereocenters. The minimum atomic E-state index is -0.414. The molecule has 0 aromatic heterocycles. The van der Waals surface area contributed by atoms with Crippen molar-refractivity contribution in [3.8, 4) is 0 Å². The Labute approximate surface area is 142 Å². The van der Waals surface area contributed by atoms with E-state index in [0.29, 0.717) is 12.1 Å². The number of halogens is 2. The molecule has 124 valence electrons. The molecule has 2 N–H and O–H groups in total. The first-order valence-electron chi connectivity index (χ1n) is 7.46. The van der Waals surface area contributed by atoms with Crippen LogP contribution in [0.2, 0.25) is 0 Å². The van der Waals surface area contributed by atoms with E-state index in [1.807, 2.05) is 31.2 Å². The molecule has 0 spiro atoms. The molecule has 0 heterocycles. The van der Waals surface area contributed by atoms with Crippen LogP contribution in [0.3, 0.4) is 0 Å². The van der Waals surface area contributed by atoms with Crippen LogP contribution in [0.25, 0.3) is 0 Å². The standard InChI is InChI=1S/C18H21FN2O.ClH/c1-3-20-12-15-7-4-5-10-17(15)21-18(22)13(2)14-8-6-9-16(19)11-14;/h4-11,13,20H,3,12H2,1-2H3,(H,21,22);1H. The van der Waals surface area contributed by atoms with Crippen LogP contribution < -0.4 is 10.6 Å². The molecule has 0 aliphatic heterocycles. The Morgan fingerprint density at radius 2 is 1.91 bits per heavy atom. The average Bonchev–Trinajstić information content (AvgIpc) is 2.53. The van der Waals surface area contributed by atoms with Crippen LogP contribution in [0.1, 0.15) is 30.9 Å². The Morgan fingerprint density at radius 1 is 1.17 bits per heavy atom. The van der Waals surface area contributed by atoms with Crippen molar-refractivity contribution in [3.63, 3.8) is 0 Å². The predicted octanol–water partition coefficient (Wildman–Crippen LogP) is 4.10. The molecule has 1 amide bonds. The summed E-state index contributed by atoms with van der Waals surface area (Å²) in [5, 5.41) is 6.18. The summed E-state index contributed by atoms with van der Waals surface area (Å²) in [7, 11) is 0. The molecule has 0 bridgehead atoms. The summed E-state index contributed by atoms with van der Waals surface area (Å²) in [4.78, 5) is 12.4. The van der Waals surface area contributed by atoms with Crippen molar-refractivity contribution >= 4 is 24.0 Å². The summed E-state index contributed by atoms with van der Waals surface area (Å²) in [6.45, 7) is 5.37. The molecule has 0 saturated carbocycles. The molecular weight excluding hydrogens is 315 g/mol. The summed E-state index contributed by atoms with van der Waals surface area (Å²) >= 11 is 0. The van der Waals surface area contributed by atoms with Crippen molar-refractivity contribution in [2.45, 2.75) is 26.3 Å². The molecule has 5 heteroatoms. The fraction of sp³-hybridized carbons (Fsp3) is 0.278. The van der Waals surface area contributed by atoms with Gasteiger partial charge in [-0.05, 0) is 42.8 Å². The molecular formula is C18H22ClFN2O. The molecule has 2 aromatic rings. The first kappa shape index (κ1) is 19.1. The topological polar surface area (TPSA) is 41.1 Å². The summed E-state index contributed by atoms with van der Waals surface area (Å²) in [5.41, 5.74) is 2.49. The van der Waals surface area contributed by atoms with E-state index in [0.717, 1.165) is 17.8 Å². The Morgan fingerprint density at radius 3 is 2.61 bits per heavy atom. The van der Waals surface area contributed by atoms with E-state index in [9.17, 15) is 9.18 Å². The molecule has 2 aromatic carbocycles. The highest BCUT2D eigenvalue weighted by molar-refractivity contribution is 5.96. The highest BCUT2D eigenvalue weighted by Crippen LogP contribution is 2.21. The van der Waals surface area contributed by atoms with Gasteiger partial charge in [-0.2, -0.15) is 0 Å². The smallest absolute Gasteiger partial charge is 0.231 e. The molecule has 0 radical (unpaired) electrons. The van der Waals surface area contributed by atoms with E-state index in [-0.39, 0.29) is 24.1 Å². The zero-order chi connectivity index (χ0) is 15.9. The SMILES string of the molecule is CCNCc1ccccc1NC(=O)C(C)c1cccc(F)c1.Cl. The van der Waals surface area contributed by atoms with E-state index in [4.69, 9.17) is 0 Å². The van der Waals surface area contributed by atoms with E-state index >= 15 is 0 Å². The first-order valence-corrected chi connectivity index (χ1v) is 7.46. The van der Waals surface area contributed by atoms with Crippen molar-refractivity contribution in [1.29, 1.82) is 0 Å². The number of hydrogen-bond acceptors (Lipinski definition) is 2. The van der Waals surface area contributed by atoms with Crippen molar-refractivity contribution in [2.75, 3.05) is 11.9 Å². The van der Waals surface area contributed by atoms with Gasteiger partial charge in [0, 0.05) is 12.2 Å². The average molecular weight is 337 g/mol. The van der Waals surface area contributed by atoms with E-state index in [2.05, 4.69) is 10.6 Å². The van der Waals surface area contributed by atoms with Gasteiger partial charge in [-0.25, -0.2) is 4.39 Å². The van der Waals surface area contributed by atoms with E-state index in [1.54, 1.807) is 19.1 Å². The highest BCUT2D eigenvalue weighted by Gasteiger charge is 2.16. The summed E-state index contributed by atoms with van der Waals surface area (Å²) in [5.74, 6) is -0.887. The Hall–Kier alpha value is -1.91. The molecule has 3 nitrogen and oxygen atoms in total. The van der Waals surface area contributed by atoms with Crippen LogP contribution in [0, 0.1) is 5.82 Å². The van der Waals surface area contributed by atoms with Gasteiger partial charge in [0.1, 0.15) is 5.82 Å². The maximum absolute atomic E-state index is 13.3. The second-order valence-corrected chi connectivity index (χ2v) is 5.20. The zero-order valence-electron chi connectivity index (χ0n) is 13.3. The first-order chi connectivity index (χ1) is 10.6. The van der Waals surface area contributed by atoms with Crippen molar-refractivity contribution in [3.05, 3.63) is 65.5 Å². The monoisotopic (exact) mass is 336 g/mol. The maximum atomic E-state index is 13.3. The van der Waals surface area contributed by atoms with Gasteiger partial charge in [-0.15, -0.1) is 12.4 Å². The largest absolute Gasteiger partial charge is 0.325 e. The predicted molar refractivity (Wildman–Crippen MR) is 94.5 cm³/mol. The van der Waals surface area contributed by atoms with Crippen LogP contribution in [-0.4, -0.2) is 12.5 Å². The van der Waals surface area contributed by atoms with Gasteiger partial charge < -0.3 is 10.6 Å². The number of benzene rings is 2. The van der Waals surface area contributed by atoms with Crippen molar-refractivity contribution in [1.82, 2.24) is 5.32 Å². The highest BCUT2D eigenvalue weighted by atomic mass is 35.5. The lowest BCUT2D eigenvalue weighted by molar-refractivity contribution is -0.117. The normalized spacial score (nSPS) is 11.4. The van der Waals surface area contributed by atoms with Gasteiger partial charge >= 0.3 is 0 Å². The number of rotatable bonds is 6. The number of carbonyl (C=O) groups excluding carboxylic acids is 1. The number of amides is 1. The number of anilines is 1. The summed E-state index contributed by atoms with van der Waals surface area (Å²) < 4.78 is 13.3. The summed E-state index contributed by atoms with van der Waals surface area (Å²) in [6.07, 6.45) is 0. The third-order valence-electron chi connectivity index (χ3n) is 3.58. The minimum Gasteiger partial charge on any atom is -0.325 e. The molecule has 0 aliphatic rings. The van der Waals surface area contributed by atoms with Gasteiger partial charge in [0.2, 0.25) is 5.91 Å². The molecule has 0 aliphatic carbocycles. The minimum absolute atomic E-state index is 0.